The Balaban J connectivity index is 1.89. The van der Waals surface area contributed by atoms with Crippen molar-refractivity contribution in [2.24, 2.45) is 0 Å². The van der Waals surface area contributed by atoms with Gasteiger partial charge in [0, 0.05) is 19.0 Å². The van der Waals surface area contributed by atoms with Gasteiger partial charge in [-0.15, -0.1) is 0 Å². The lowest BCUT2D eigenvalue weighted by Gasteiger charge is -2.14. The fourth-order valence-electron chi connectivity index (χ4n) is 2.78. The maximum atomic E-state index is 13.8. The standard InChI is InChI=1S/C20H21F2NO4/c1-12(16-6-5-15(21)11-17(16)22)9-19(24)23-8-7-13-3-4-14(20(25)26)10-18(13)27-2/h3-6,10-12H,7-9H2,1-2H3,(H,23,24)(H,25,26). The maximum Gasteiger partial charge on any atom is 0.335 e. The zero-order chi connectivity index (χ0) is 20.0. The second-order valence-electron chi connectivity index (χ2n) is 6.20. The molecule has 144 valence electrons. The zero-order valence-electron chi connectivity index (χ0n) is 15.1. The number of halogens is 2. The van der Waals surface area contributed by atoms with E-state index in [0.717, 1.165) is 11.6 Å². The van der Waals surface area contributed by atoms with Crippen LogP contribution in [0.5, 0.6) is 5.75 Å². The van der Waals surface area contributed by atoms with Gasteiger partial charge in [0.05, 0.1) is 12.7 Å². The van der Waals surface area contributed by atoms with Crippen LogP contribution in [-0.2, 0) is 11.2 Å². The number of carbonyl (C=O) groups is 2. The van der Waals surface area contributed by atoms with Gasteiger partial charge in [-0.3, -0.25) is 4.79 Å². The number of methoxy groups -OCH3 is 1. The van der Waals surface area contributed by atoms with Crippen LogP contribution in [0.15, 0.2) is 36.4 Å². The van der Waals surface area contributed by atoms with E-state index in [-0.39, 0.29) is 23.5 Å². The van der Waals surface area contributed by atoms with Crippen LogP contribution < -0.4 is 10.1 Å². The smallest absolute Gasteiger partial charge is 0.335 e. The third-order valence-corrected chi connectivity index (χ3v) is 4.24. The van der Waals surface area contributed by atoms with Crippen LogP contribution in [0.4, 0.5) is 8.78 Å². The van der Waals surface area contributed by atoms with E-state index in [9.17, 15) is 18.4 Å². The van der Waals surface area contributed by atoms with Gasteiger partial charge < -0.3 is 15.2 Å². The number of hydrogen-bond donors (Lipinski definition) is 2. The van der Waals surface area contributed by atoms with Gasteiger partial charge in [0.25, 0.3) is 0 Å². The molecule has 0 radical (unpaired) electrons. The van der Waals surface area contributed by atoms with Crippen LogP contribution >= 0.6 is 0 Å². The summed E-state index contributed by atoms with van der Waals surface area (Å²) in [6.45, 7) is 2.02. The number of nitrogens with one attached hydrogen (secondary N) is 1. The summed E-state index contributed by atoms with van der Waals surface area (Å²) in [4.78, 5) is 23.1. The van der Waals surface area contributed by atoms with E-state index in [1.807, 2.05) is 0 Å². The maximum absolute atomic E-state index is 13.8. The molecule has 2 N–H and O–H groups in total. The predicted octanol–water partition coefficient (Wildman–Crippen LogP) is 3.52. The number of carboxylic acids is 1. The molecule has 0 saturated carbocycles. The van der Waals surface area contributed by atoms with Gasteiger partial charge in [-0.1, -0.05) is 19.1 Å². The SMILES string of the molecule is COc1cc(C(=O)O)ccc1CCNC(=O)CC(C)c1ccc(F)cc1F. The van der Waals surface area contributed by atoms with Crippen molar-refractivity contribution in [1.82, 2.24) is 5.32 Å². The molecule has 0 bridgehead atoms. The Morgan fingerprint density at radius 2 is 1.93 bits per heavy atom. The lowest BCUT2D eigenvalue weighted by Crippen LogP contribution is -2.27. The number of benzene rings is 2. The first-order valence-electron chi connectivity index (χ1n) is 8.43. The van der Waals surface area contributed by atoms with E-state index in [1.54, 1.807) is 13.0 Å². The summed E-state index contributed by atoms with van der Waals surface area (Å²) in [5.74, 6) is -2.59. The second kappa shape index (κ2) is 9.12. The molecule has 0 aliphatic carbocycles. The summed E-state index contributed by atoms with van der Waals surface area (Å²) >= 11 is 0. The van der Waals surface area contributed by atoms with Gasteiger partial charge in [0.15, 0.2) is 0 Å². The summed E-state index contributed by atoms with van der Waals surface area (Å²) in [5, 5.41) is 11.7. The van der Waals surface area contributed by atoms with E-state index in [4.69, 9.17) is 9.84 Å². The molecule has 27 heavy (non-hydrogen) atoms. The molecule has 2 rings (SSSR count). The molecule has 7 heteroatoms. The summed E-state index contributed by atoms with van der Waals surface area (Å²) < 4.78 is 31.9. The Bertz CT molecular complexity index is 839. The monoisotopic (exact) mass is 377 g/mol. The molecule has 0 aromatic heterocycles. The number of hydrogen-bond acceptors (Lipinski definition) is 3. The van der Waals surface area contributed by atoms with Crippen molar-refractivity contribution in [2.45, 2.75) is 25.7 Å². The molecule has 0 spiro atoms. The fraction of sp³-hybridized carbons (Fsp3) is 0.300. The molecule has 5 nitrogen and oxygen atoms in total. The summed E-state index contributed by atoms with van der Waals surface area (Å²) in [6, 6.07) is 7.86. The van der Waals surface area contributed by atoms with Gasteiger partial charge in [0.2, 0.25) is 5.91 Å². The van der Waals surface area contributed by atoms with E-state index in [2.05, 4.69) is 5.32 Å². The Hall–Kier alpha value is -2.96. The predicted molar refractivity (Wildman–Crippen MR) is 96.1 cm³/mol. The Kier molecular flexibility index (Phi) is 6.87. The third-order valence-electron chi connectivity index (χ3n) is 4.24. The van der Waals surface area contributed by atoms with Crippen LogP contribution in [0.3, 0.4) is 0 Å². The molecule has 0 heterocycles. The molecule has 1 amide bonds. The normalized spacial score (nSPS) is 11.7. The van der Waals surface area contributed by atoms with Gasteiger partial charge in [-0.25, -0.2) is 13.6 Å². The quantitative estimate of drug-likeness (QED) is 0.738. The highest BCUT2D eigenvalue weighted by Gasteiger charge is 2.16. The lowest BCUT2D eigenvalue weighted by molar-refractivity contribution is -0.121. The van der Waals surface area contributed by atoms with Crippen LogP contribution in [0, 0.1) is 11.6 Å². The molecule has 0 aliphatic heterocycles. The van der Waals surface area contributed by atoms with Crippen molar-refractivity contribution in [3.05, 3.63) is 64.7 Å². The third kappa shape index (κ3) is 5.51. The molecule has 0 fully saturated rings. The van der Waals surface area contributed by atoms with E-state index in [1.165, 1.54) is 31.4 Å². The second-order valence-corrected chi connectivity index (χ2v) is 6.20. The van der Waals surface area contributed by atoms with Crippen molar-refractivity contribution >= 4 is 11.9 Å². The van der Waals surface area contributed by atoms with Gasteiger partial charge in [-0.2, -0.15) is 0 Å². The molecule has 0 saturated heterocycles. The molecule has 1 atom stereocenters. The van der Waals surface area contributed by atoms with Crippen molar-refractivity contribution in [2.75, 3.05) is 13.7 Å². The molecule has 0 aliphatic rings. The first kappa shape index (κ1) is 20.4. The van der Waals surface area contributed by atoms with Gasteiger partial charge in [-0.05, 0) is 41.7 Å². The molecular weight excluding hydrogens is 356 g/mol. The van der Waals surface area contributed by atoms with Crippen molar-refractivity contribution in [1.29, 1.82) is 0 Å². The minimum absolute atomic E-state index is 0.0671. The largest absolute Gasteiger partial charge is 0.496 e. The van der Waals surface area contributed by atoms with Crippen LogP contribution in [0.2, 0.25) is 0 Å². The minimum atomic E-state index is -1.05. The zero-order valence-corrected chi connectivity index (χ0v) is 15.1. The number of carboxylic acid groups (broad SMARTS) is 1. The lowest BCUT2D eigenvalue weighted by atomic mass is 9.97. The number of amides is 1. The molecule has 1 unspecified atom stereocenters. The molecule has 2 aromatic carbocycles. The van der Waals surface area contributed by atoms with E-state index < -0.39 is 23.5 Å². The highest BCUT2D eigenvalue weighted by molar-refractivity contribution is 5.88. The number of aromatic carboxylic acids is 1. The Morgan fingerprint density at radius 1 is 1.19 bits per heavy atom. The Morgan fingerprint density at radius 3 is 2.56 bits per heavy atom. The molecule has 2 aromatic rings. The minimum Gasteiger partial charge on any atom is -0.496 e. The Labute approximate surface area is 156 Å². The van der Waals surface area contributed by atoms with Gasteiger partial charge in [0.1, 0.15) is 17.4 Å². The van der Waals surface area contributed by atoms with Crippen molar-refractivity contribution in [3.8, 4) is 5.75 Å². The topological polar surface area (TPSA) is 75.6 Å². The van der Waals surface area contributed by atoms with Gasteiger partial charge >= 0.3 is 5.97 Å². The number of rotatable bonds is 8. The average Bonchev–Trinajstić information content (AvgIpc) is 2.61. The number of carbonyl (C=O) groups excluding carboxylic acids is 1. The summed E-state index contributed by atoms with van der Waals surface area (Å²) in [6.07, 6.45) is 0.520. The van der Waals surface area contributed by atoms with E-state index in [0.29, 0.717) is 18.7 Å². The molecular formula is C20H21F2NO4. The number of ether oxygens (including phenoxy) is 1. The summed E-state index contributed by atoms with van der Waals surface area (Å²) in [5.41, 5.74) is 1.17. The first-order chi connectivity index (χ1) is 12.8. The first-order valence-corrected chi connectivity index (χ1v) is 8.43. The fourth-order valence-corrected chi connectivity index (χ4v) is 2.78. The van der Waals surface area contributed by atoms with Crippen LogP contribution in [0.25, 0.3) is 0 Å². The van der Waals surface area contributed by atoms with E-state index >= 15 is 0 Å². The highest BCUT2D eigenvalue weighted by Crippen LogP contribution is 2.23. The average molecular weight is 377 g/mol. The van der Waals surface area contributed by atoms with Crippen LogP contribution in [-0.4, -0.2) is 30.6 Å². The van der Waals surface area contributed by atoms with Crippen LogP contribution in [0.1, 0.15) is 40.7 Å². The summed E-state index contributed by atoms with van der Waals surface area (Å²) in [7, 11) is 1.45. The van der Waals surface area contributed by atoms with Crippen molar-refractivity contribution in [3.63, 3.8) is 0 Å². The highest BCUT2D eigenvalue weighted by atomic mass is 19.1. The van der Waals surface area contributed by atoms with Crippen molar-refractivity contribution < 1.29 is 28.2 Å².